The van der Waals surface area contributed by atoms with Crippen LogP contribution in [0, 0.1) is 0 Å². The van der Waals surface area contributed by atoms with Gasteiger partial charge < -0.3 is 0 Å². The molecule has 0 bridgehead atoms. The van der Waals surface area contributed by atoms with Gasteiger partial charge in [0.1, 0.15) is 0 Å². The standard InChI is InChI=1S/C22H33N/c1-19(20-11-5-2-6-12-20)17-18-23(21-13-7-3-8-14-21)22-15-9-4-10-16-22/h2,5-6,11-12,21-22H,1,3-4,7-10,13-18H2. The summed E-state index contributed by atoms with van der Waals surface area (Å²) in [6.45, 7) is 5.57. The van der Waals surface area contributed by atoms with Crippen LogP contribution in [0.1, 0.15) is 76.2 Å². The van der Waals surface area contributed by atoms with Gasteiger partial charge in [0.25, 0.3) is 0 Å². The Morgan fingerprint density at radius 2 is 1.35 bits per heavy atom. The Bertz CT molecular complexity index is 448. The SMILES string of the molecule is C=C(CCN(C1CCCCC1)C1CCCCC1)c1ccccc1. The fraction of sp³-hybridized carbons (Fsp3) is 0.636. The van der Waals surface area contributed by atoms with Crippen molar-refractivity contribution < 1.29 is 0 Å². The Labute approximate surface area is 142 Å². The molecule has 3 rings (SSSR count). The van der Waals surface area contributed by atoms with Crippen molar-refractivity contribution >= 4 is 5.57 Å². The van der Waals surface area contributed by atoms with Gasteiger partial charge in [0, 0.05) is 18.6 Å². The molecule has 2 aliphatic rings. The number of hydrogen-bond donors (Lipinski definition) is 0. The van der Waals surface area contributed by atoms with Crippen molar-refractivity contribution in [1.82, 2.24) is 4.90 Å². The third kappa shape index (κ3) is 4.70. The normalized spacial score (nSPS) is 20.7. The molecule has 2 saturated carbocycles. The fourth-order valence-electron chi connectivity index (χ4n) is 4.57. The molecule has 0 spiro atoms. The van der Waals surface area contributed by atoms with Crippen LogP contribution in [0.5, 0.6) is 0 Å². The molecule has 0 aromatic heterocycles. The average Bonchev–Trinajstić information content (AvgIpc) is 2.64. The van der Waals surface area contributed by atoms with Crippen molar-refractivity contribution in [3.63, 3.8) is 0 Å². The molecule has 0 radical (unpaired) electrons. The second kappa shape index (κ2) is 8.68. The monoisotopic (exact) mass is 311 g/mol. The van der Waals surface area contributed by atoms with E-state index in [9.17, 15) is 0 Å². The van der Waals surface area contributed by atoms with Gasteiger partial charge in [-0.05, 0) is 43.2 Å². The Hall–Kier alpha value is -1.08. The summed E-state index contributed by atoms with van der Waals surface area (Å²) in [6, 6.07) is 12.4. The summed E-state index contributed by atoms with van der Waals surface area (Å²) in [5.41, 5.74) is 2.63. The number of hydrogen-bond acceptors (Lipinski definition) is 1. The van der Waals surface area contributed by atoms with Gasteiger partial charge in [0.05, 0.1) is 0 Å². The number of nitrogens with zero attached hydrogens (tertiary/aromatic N) is 1. The number of benzene rings is 1. The molecule has 1 nitrogen and oxygen atoms in total. The van der Waals surface area contributed by atoms with Gasteiger partial charge in [-0.3, -0.25) is 4.90 Å². The first-order valence-electron chi connectivity index (χ1n) is 9.83. The molecule has 0 aliphatic heterocycles. The molecule has 0 N–H and O–H groups in total. The molecule has 23 heavy (non-hydrogen) atoms. The molecule has 0 saturated heterocycles. The van der Waals surface area contributed by atoms with E-state index in [0.717, 1.165) is 18.5 Å². The molecular weight excluding hydrogens is 278 g/mol. The van der Waals surface area contributed by atoms with Crippen molar-refractivity contribution in [3.05, 3.63) is 42.5 Å². The summed E-state index contributed by atoms with van der Waals surface area (Å²) in [6.07, 6.45) is 15.5. The van der Waals surface area contributed by atoms with Crippen molar-refractivity contribution in [2.45, 2.75) is 82.7 Å². The number of rotatable bonds is 6. The van der Waals surface area contributed by atoms with E-state index >= 15 is 0 Å². The molecule has 0 amide bonds. The minimum absolute atomic E-state index is 0.843. The Balaban J connectivity index is 1.61. The highest BCUT2D eigenvalue weighted by atomic mass is 15.2. The van der Waals surface area contributed by atoms with Crippen LogP contribution in [0.4, 0.5) is 0 Å². The first kappa shape index (κ1) is 16.8. The second-order valence-corrected chi connectivity index (χ2v) is 7.54. The molecule has 0 unspecified atom stereocenters. The molecule has 2 fully saturated rings. The maximum Gasteiger partial charge on any atom is 0.00983 e. The molecule has 126 valence electrons. The third-order valence-corrected chi connectivity index (χ3v) is 5.94. The van der Waals surface area contributed by atoms with Crippen LogP contribution in [0.15, 0.2) is 36.9 Å². The van der Waals surface area contributed by atoms with Crippen molar-refractivity contribution in [2.75, 3.05) is 6.54 Å². The van der Waals surface area contributed by atoms with E-state index < -0.39 is 0 Å². The molecule has 2 aliphatic carbocycles. The van der Waals surface area contributed by atoms with E-state index in [1.165, 1.54) is 81.9 Å². The lowest BCUT2D eigenvalue weighted by atomic mass is 9.88. The summed E-state index contributed by atoms with van der Waals surface area (Å²) >= 11 is 0. The molecule has 0 atom stereocenters. The third-order valence-electron chi connectivity index (χ3n) is 5.94. The van der Waals surface area contributed by atoms with Gasteiger partial charge in [0.2, 0.25) is 0 Å². The van der Waals surface area contributed by atoms with Crippen LogP contribution < -0.4 is 0 Å². The fourth-order valence-corrected chi connectivity index (χ4v) is 4.57. The summed E-state index contributed by atoms with van der Waals surface area (Å²) in [7, 11) is 0. The second-order valence-electron chi connectivity index (χ2n) is 7.54. The molecule has 1 aromatic rings. The van der Waals surface area contributed by atoms with Crippen LogP contribution in [-0.4, -0.2) is 23.5 Å². The topological polar surface area (TPSA) is 3.24 Å². The minimum atomic E-state index is 0.843. The van der Waals surface area contributed by atoms with E-state index in [-0.39, 0.29) is 0 Å². The van der Waals surface area contributed by atoms with Crippen LogP contribution in [0.2, 0.25) is 0 Å². The van der Waals surface area contributed by atoms with E-state index in [0.29, 0.717) is 0 Å². The highest BCUT2D eigenvalue weighted by Gasteiger charge is 2.28. The zero-order valence-corrected chi connectivity index (χ0v) is 14.7. The predicted molar refractivity (Wildman–Crippen MR) is 101 cm³/mol. The van der Waals surface area contributed by atoms with E-state index in [2.05, 4.69) is 41.8 Å². The quantitative estimate of drug-likeness (QED) is 0.617. The molecule has 0 heterocycles. The summed E-state index contributed by atoms with van der Waals surface area (Å²) in [4.78, 5) is 2.90. The summed E-state index contributed by atoms with van der Waals surface area (Å²) in [5, 5.41) is 0. The Kier molecular flexibility index (Phi) is 6.33. The van der Waals surface area contributed by atoms with E-state index in [1.54, 1.807) is 0 Å². The van der Waals surface area contributed by atoms with Gasteiger partial charge >= 0.3 is 0 Å². The van der Waals surface area contributed by atoms with Crippen molar-refractivity contribution in [3.8, 4) is 0 Å². The first-order valence-corrected chi connectivity index (χ1v) is 9.83. The minimum Gasteiger partial charge on any atom is -0.297 e. The lowest BCUT2D eigenvalue weighted by Gasteiger charge is -2.42. The highest BCUT2D eigenvalue weighted by molar-refractivity contribution is 5.63. The maximum atomic E-state index is 4.36. The summed E-state index contributed by atoms with van der Waals surface area (Å²) < 4.78 is 0. The smallest absolute Gasteiger partial charge is 0.00983 e. The lowest BCUT2D eigenvalue weighted by molar-refractivity contribution is 0.0834. The Morgan fingerprint density at radius 3 is 1.87 bits per heavy atom. The zero-order chi connectivity index (χ0) is 15.9. The van der Waals surface area contributed by atoms with Crippen LogP contribution in [0.3, 0.4) is 0 Å². The van der Waals surface area contributed by atoms with Crippen molar-refractivity contribution in [2.24, 2.45) is 0 Å². The average molecular weight is 312 g/mol. The molecule has 1 heteroatoms. The van der Waals surface area contributed by atoms with E-state index in [4.69, 9.17) is 0 Å². The largest absolute Gasteiger partial charge is 0.297 e. The maximum absolute atomic E-state index is 4.36. The molecular formula is C22H33N. The predicted octanol–water partition coefficient (Wildman–Crippen LogP) is 6.06. The van der Waals surface area contributed by atoms with Gasteiger partial charge in [-0.15, -0.1) is 0 Å². The van der Waals surface area contributed by atoms with E-state index in [1.807, 2.05) is 0 Å². The Morgan fingerprint density at radius 1 is 0.826 bits per heavy atom. The van der Waals surface area contributed by atoms with Gasteiger partial charge in [0.15, 0.2) is 0 Å². The van der Waals surface area contributed by atoms with Crippen molar-refractivity contribution in [1.29, 1.82) is 0 Å². The zero-order valence-electron chi connectivity index (χ0n) is 14.7. The van der Waals surface area contributed by atoms with Crippen LogP contribution >= 0.6 is 0 Å². The lowest BCUT2D eigenvalue weighted by Crippen LogP contribution is -2.45. The highest BCUT2D eigenvalue weighted by Crippen LogP contribution is 2.31. The van der Waals surface area contributed by atoms with Gasteiger partial charge in [-0.1, -0.05) is 75.4 Å². The summed E-state index contributed by atoms with van der Waals surface area (Å²) in [5.74, 6) is 0. The molecule has 1 aromatic carbocycles. The first-order chi connectivity index (χ1) is 11.3. The van der Waals surface area contributed by atoms with Gasteiger partial charge in [-0.2, -0.15) is 0 Å². The van der Waals surface area contributed by atoms with Crippen LogP contribution in [-0.2, 0) is 0 Å². The van der Waals surface area contributed by atoms with Gasteiger partial charge in [-0.25, -0.2) is 0 Å². The van der Waals surface area contributed by atoms with Crippen LogP contribution in [0.25, 0.3) is 5.57 Å².